The van der Waals surface area contributed by atoms with Crippen LogP contribution in [0.2, 0.25) is 0 Å². The van der Waals surface area contributed by atoms with Crippen LogP contribution in [0.3, 0.4) is 0 Å². The van der Waals surface area contributed by atoms with Gasteiger partial charge in [-0.2, -0.15) is 0 Å². The Labute approximate surface area is 92.8 Å². The van der Waals surface area contributed by atoms with Gasteiger partial charge in [-0.15, -0.1) is 24.0 Å². The zero-order valence-corrected chi connectivity index (χ0v) is 9.92. The Morgan fingerprint density at radius 1 is 1.08 bits per heavy atom. The largest absolute Gasteiger partial charge is 0.385 e. The predicted octanol–water partition coefficient (Wildman–Crippen LogP) is 2.44. The third-order valence-electron chi connectivity index (χ3n) is 1.69. The van der Waals surface area contributed by atoms with E-state index in [1.165, 1.54) is 12.8 Å². The molecule has 2 nitrogen and oxygen atoms in total. The molecule has 0 aromatic heterocycles. The Morgan fingerprint density at radius 2 is 1.77 bits per heavy atom. The van der Waals surface area contributed by atoms with Crippen molar-refractivity contribution in [3.8, 4) is 0 Å². The van der Waals surface area contributed by atoms with Crippen LogP contribution in [-0.2, 0) is 4.74 Å². The van der Waals surface area contributed by atoms with Crippen LogP contribution in [0.5, 0.6) is 0 Å². The lowest BCUT2D eigenvalue weighted by atomic mass is 10.2. The molecule has 0 unspecified atom stereocenters. The molecule has 1 N–H and O–H groups in total. The number of hydrogen-bond acceptors (Lipinski definition) is 2. The van der Waals surface area contributed by atoms with Crippen molar-refractivity contribution in [2.75, 3.05) is 32.7 Å². The molecule has 4 heteroatoms. The van der Waals surface area contributed by atoms with Gasteiger partial charge in [0.05, 0.1) is 0 Å². The summed E-state index contributed by atoms with van der Waals surface area (Å²) in [7, 11) is 1.74. The van der Waals surface area contributed by atoms with Gasteiger partial charge >= 0.3 is 0 Å². The molecule has 0 bridgehead atoms. The quantitative estimate of drug-likeness (QED) is 0.485. The lowest BCUT2D eigenvalue weighted by Gasteiger charge is -2.02. The van der Waals surface area contributed by atoms with Crippen molar-refractivity contribution < 1.29 is 4.74 Å². The number of alkyl halides is 1. The summed E-state index contributed by atoms with van der Waals surface area (Å²) in [6.07, 6.45) is 4.72. The van der Waals surface area contributed by atoms with Gasteiger partial charge in [0.2, 0.25) is 0 Å². The second-order valence-electron chi connectivity index (χ2n) is 2.85. The highest BCUT2D eigenvalue weighted by Gasteiger charge is 1.88. The van der Waals surface area contributed by atoms with Crippen LogP contribution in [0.4, 0.5) is 0 Å². The zero-order chi connectivity index (χ0) is 9.07. The number of hydrogen-bond donors (Lipinski definition) is 1. The smallest absolute Gasteiger partial charge is 0.0474 e. The van der Waals surface area contributed by atoms with E-state index in [0.29, 0.717) is 0 Å². The highest BCUT2D eigenvalue weighted by atomic mass is 35.5. The minimum absolute atomic E-state index is 0. The standard InChI is InChI=1S/C9H20ClNO.ClH/c1-12-9-5-8-11-7-4-2-3-6-10;/h11H,2-9H2,1H3;1H. The minimum Gasteiger partial charge on any atom is -0.385 e. The van der Waals surface area contributed by atoms with Crippen LogP contribution < -0.4 is 5.32 Å². The van der Waals surface area contributed by atoms with E-state index in [2.05, 4.69) is 5.32 Å². The molecule has 0 atom stereocenters. The van der Waals surface area contributed by atoms with Crippen molar-refractivity contribution in [2.45, 2.75) is 25.7 Å². The van der Waals surface area contributed by atoms with Crippen LogP contribution in [0, 0.1) is 0 Å². The van der Waals surface area contributed by atoms with Crippen molar-refractivity contribution in [2.24, 2.45) is 0 Å². The van der Waals surface area contributed by atoms with Crippen molar-refractivity contribution in [1.29, 1.82) is 0 Å². The Hall–Kier alpha value is 0.500. The topological polar surface area (TPSA) is 21.3 Å². The fourth-order valence-corrected chi connectivity index (χ4v) is 1.18. The molecule has 0 aliphatic carbocycles. The van der Waals surface area contributed by atoms with Gasteiger partial charge in [-0.25, -0.2) is 0 Å². The number of halogens is 2. The minimum atomic E-state index is 0. The van der Waals surface area contributed by atoms with Crippen LogP contribution in [0.25, 0.3) is 0 Å². The summed E-state index contributed by atoms with van der Waals surface area (Å²) >= 11 is 5.55. The zero-order valence-electron chi connectivity index (χ0n) is 8.35. The molecule has 0 fully saturated rings. The molecule has 0 amide bonds. The molecule has 0 saturated carbocycles. The Bertz CT molecular complexity index is 74.0. The van der Waals surface area contributed by atoms with Crippen molar-refractivity contribution in [3.63, 3.8) is 0 Å². The van der Waals surface area contributed by atoms with Crippen molar-refractivity contribution >= 4 is 24.0 Å². The number of ether oxygens (including phenoxy) is 1. The van der Waals surface area contributed by atoms with E-state index in [1.807, 2.05) is 0 Å². The maximum absolute atomic E-state index is 5.55. The van der Waals surface area contributed by atoms with Crippen LogP contribution >= 0.6 is 24.0 Å². The van der Waals surface area contributed by atoms with Crippen LogP contribution in [-0.4, -0.2) is 32.7 Å². The van der Waals surface area contributed by atoms with Crippen LogP contribution in [0.1, 0.15) is 25.7 Å². The summed E-state index contributed by atoms with van der Waals surface area (Å²) in [6, 6.07) is 0. The highest BCUT2D eigenvalue weighted by molar-refractivity contribution is 6.17. The van der Waals surface area contributed by atoms with Crippen molar-refractivity contribution in [1.82, 2.24) is 5.32 Å². The number of unbranched alkanes of at least 4 members (excludes halogenated alkanes) is 2. The lowest BCUT2D eigenvalue weighted by molar-refractivity contribution is 0.194. The van der Waals surface area contributed by atoms with E-state index in [4.69, 9.17) is 16.3 Å². The molecule has 82 valence electrons. The molecule has 0 radical (unpaired) electrons. The van der Waals surface area contributed by atoms with Gasteiger partial charge in [0.15, 0.2) is 0 Å². The van der Waals surface area contributed by atoms with E-state index in [9.17, 15) is 0 Å². The highest BCUT2D eigenvalue weighted by Crippen LogP contribution is 1.95. The van der Waals surface area contributed by atoms with Gasteiger partial charge in [0.1, 0.15) is 0 Å². The summed E-state index contributed by atoms with van der Waals surface area (Å²) < 4.78 is 4.93. The van der Waals surface area contributed by atoms with Gasteiger partial charge in [-0.05, 0) is 32.4 Å². The molecule has 0 spiro atoms. The first-order valence-corrected chi connectivity index (χ1v) is 5.21. The SMILES string of the molecule is COCCCNCCCCCCl.Cl. The monoisotopic (exact) mass is 229 g/mol. The Kier molecular flexibility index (Phi) is 18.4. The predicted molar refractivity (Wildman–Crippen MR) is 61.2 cm³/mol. The van der Waals surface area contributed by atoms with Crippen LogP contribution in [0.15, 0.2) is 0 Å². The molecule has 0 aliphatic rings. The van der Waals surface area contributed by atoms with Gasteiger partial charge in [-0.1, -0.05) is 6.42 Å². The molecule has 0 heterocycles. The lowest BCUT2D eigenvalue weighted by Crippen LogP contribution is -2.17. The summed E-state index contributed by atoms with van der Waals surface area (Å²) in [6.45, 7) is 3.03. The third kappa shape index (κ3) is 15.3. The molecule has 0 aromatic carbocycles. The summed E-state index contributed by atoms with van der Waals surface area (Å²) in [5.41, 5.74) is 0. The van der Waals surface area contributed by atoms with Crippen molar-refractivity contribution in [3.05, 3.63) is 0 Å². The molecule has 0 rings (SSSR count). The van der Waals surface area contributed by atoms with Gasteiger partial charge in [-0.3, -0.25) is 0 Å². The van der Waals surface area contributed by atoms with E-state index in [0.717, 1.165) is 38.4 Å². The average molecular weight is 230 g/mol. The third-order valence-corrected chi connectivity index (χ3v) is 1.96. The number of methoxy groups -OCH3 is 1. The molecule has 13 heavy (non-hydrogen) atoms. The second-order valence-corrected chi connectivity index (χ2v) is 3.22. The fraction of sp³-hybridized carbons (Fsp3) is 1.00. The molecule has 0 saturated heterocycles. The first-order chi connectivity index (χ1) is 5.91. The molecular weight excluding hydrogens is 209 g/mol. The normalized spacial score (nSPS) is 9.69. The van der Waals surface area contributed by atoms with E-state index in [-0.39, 0.29) is 12.4 Å². The Morgan fingerprint density at radius 3 is 2.38 bits per heavy atom. The van der Waals surface area contributed by atoms with Gasteiger partial charge in [0, 0.05) is 19.6 Å². The summed E-state index contributed by atoms with van der Waals surface area (Å²) in [4.78, 5) is 0. The number of nitrogens with one attached hydrogen (secondary N) is 1. The second kappa shape index (κ2) is 15.0. The first-order valence-electron chi connectivity index (χ1n) is 4.67. The summed E-state index contributed by atoms with van der Waals surface area (Å²) in [5, 5.41) is 3.36. The average Bonchev–Trinajstić information content (AvgIpc) is 2.10. The summed E-state index contributed by atoms with van der Waals surface area (Å²) in [5.74, 6) is 0.795. The maximum atomic E-state index is 5.55. The van der Waals surface area contributed by atoms with E-state index < -0.39 is 0 Å². The first kappa shape index (κ1) is 15.9. The molecule has 0 aromatic rings. The number of rotatable bonds is 9. The fourth-order valence-electron chi connectivity index (χ4n) is 0.988. The molecular formula is C9H21Cl2NO. The van der Waals surface area contributed by atoms with Gasteiger partial charge < -0.3 is 10.1 Å². The van der Waals surface area contributed by atoms with E-state index >= 15 is 0 Å². The maximum Gasteiger partial charge on any atom is 0.0474 e. The Balaban J connectivity index is 0. The van der Waals surface area contributed by atoms with E-state index in [1.54, 1.807) is 7.11 Å². The molecule has 0 aliphatic heterocycles. The van der Waals surface area contributed by atoms with Gasteiger partial charge in [0.25, 0.3) is 0 Å².